The Balaban J connectivity index is 1.93. The average Bonchev–Trinajstić information content (AvgIpc) is 3.16. The van der Waals surface area contributed by atoms with Crippen LogP contribution in [-0.2, 0) is 16.6 Å². The summed E-state index contributed by atoms with van der Waals surface area (Å²) in [6.45, 7) is 3.52. The molecular formula is C18H18FN3O3S. The van der Waals surface area contributed by atoms with Gasteiger partial charge in [0, 0.05) is 18.0 Å². The lowest BCUT2D eigenvalue weighted by molar-refractivity contribution is -0.144. The molecule has 2 heterocycles. The van der Waals surface area contributed by atoms with Crippen LogP contribution in [0.1, 0.15) is 23.5 Å². The van der Waals surface area contributed by atoms with Gasteiger partial charge in [0.2, 0.25) is 0 Å². The van der Waals surface area contributed by atoms with Crippen LogP contribution in [0.25, 0.3) is 21.5 Å². The van der Waals surface area contributed by atoms with Gasteiger partial charge in [-0.3, -0.25) is 9.48 Å². The number of ether oxygens (including phenoxy) is 1. The van der Waals surface area contributed by atoms with E-state index in [2.05, 4.69) is 10.4 Å². The monoisotopic (exact) mass is 375 g/mol. The molecule has 3 aromatic rings. The number of benzene rings is 1. The lowest BCUT2D eigenvalue weighted by Gasteiger charge is -2.11. The second-order valence-corrected chi connectivity index (χ2v) is 6.76. The topological polar surface area (TPSA) is 73.2 Å². The molecule has 3 rings (SSSR count). The van der Waals surface area contributed by atoms with Gasteiger partial charge in [-0.15, -0.1) is 11.3 Å². The molecule has 1 amide bonds. The molecular weight excluding hydrogens is 357 g/mol. The van der Waals surface area contributed by atoms with Crippen LogP contribution >= 0.6 is 11.3 Å². The van der Waals surface area contributed by atoms with E-state index in [1.165, 1.54) is 17.4 Å². The highest BCUT2D eigenvalue weighted by Gasteiger charge is 2.22. The van der Waals surface area contributed by atoms with Crippen molar-refractivity contribution in [2.45, 2.75) is 19.9 Å². The smallest absolute Gasteiger partial charge is 0.328 e. The highest BCUT2D eigenvalue weighted by molar-refractivity contribution is 7.20. The van der Waals surface area contributed by atoms with Gasteiger partial charge in [-0.05, 0) is 32.0 Å². The molecule has 0 aliphatic carbocycles. The molecule has 0 unspecified atom stereocenters. The average molecular weight is 375 g/mol. The van der Waals surface area contributed by atoms with Gasteiger partial charge in [0.25, 0.3) is 5.91 Å². The van der Waals surface area contributed by atoms with E-state index >= 15 is 0 Å². The fraction of sp³-hybridized carbons (Fsp3) is 0.278. The lowest BCUT2D eigenvalue weighted by Crippen LogP contribution is -2.39. The first-order chi connectivity index (χ1) is 12.4. The number of nitrogens with one attached hydrogen (secondary N) is 1. The number of carbonyl (C=O) groups excluding carboxylic acids is 2. The van der Waals surface area contributed by atoms with E-state index in [1.54, 1.807) is 49.8 Å². The molecule has 0 fully saturated rings. The van der Waals surface area contributed by atoms with Crippen molar-refractivity contribution in [3.63, 3.8) is 0 Å². The van der Waals surface area contributed by atoms with Crippen molar-refractivity contribution >= 4 is 33.4 Å². The van der Waals surface area contributed by atoms with Gasteiger partial charge in [0.1, 0.15) is 22.4 Å². The number of aromatic nitrogens is 2. The Bertz CT molecular complexity index is 979. The van der Waals surface area contributed by atoms with E-state index in [1.807, 2.05) is 0 Å². The fourth-order valence-corrected chi connectivity index (χ4v) is 3.57. The number of esters is 1. The van der Waals surface area contributed by atoms with Gasteiger partial charge in [-0.2, -0.15) is 5.10 Å². The highest BCUT2D eigenvalue weighted by Crippen LogP contribution is 2.34. The number of aryl methyl sites for hydroxylation is 1. The van der Waals surface area contributed by atoms with Gasteiger partial charge in [0.15, 0.2) is 0 Å². The molecule has 6 nitrogen and oxygen atoms in total. The van der Waals surface area contributed by atoms with Gasteiger partial charge in [-0.25, -0.2) is 9.18 Å². The summed E-state index contributed by atoms with van der Waals surface area (Å²) in [6, 6.07) is 7.29. The van der Waals surface area contributed by atoms with Crippen LogP contribution in [0.4, 0.5) is 4.39 Å². The zero-order valence-corrected chi connectivity index (χ0v) is 15.4. The summed E-state index contributed by atoms with van der Waals surface area (Å²) in [4.78, 5) is 25.3. The maximum Gasteiger partial charge on any atom is 0.328 e. The van der Waals surface area contributed by atoms with Crippen LogP contribution in [0.2, 0.25) is 0 Å². The number of carbonyl (C=O) groups is 2. The molecule has 0 aliphatic heterocycles. The van der Waals surface area contributed by atoms with Gasteiger partial charge < -0.3 is 10.1 Å². The van der Waals surface area contributed by atoms with Crippen LogP contribution in [0.3, 0.4) is 0 Å². The van der Waals surface area contributed by atoms with Crippen LogP contribution in [-0.4, -0.2) is 34.3 Å². The molecule has 0 radical (unpaired) electrons. The first-order valence-corrected chi connectivity index (χ1v) is 8.93. The minimum Gasteiger partial charge on any atom is -0.464 e. The normalized spacial score (nSPS) is 12.2. The van der Waals surface area contributed by atoms with Crippen molar-refractivity contribution in [2.75, 3.05) is 6.61 Å². The van der Waals surface area contributed by atoms with Gasteiger partial charge in [0.05, 0.1) is 11.5 Å². The van der Waals surface area contributed by atoms with Gasteiger partial charge >= 0.3 is 5.97 Å². The zero-order chi connectivity index (χ0) is 18.8. The lowest BCUT2D eigenvalue weighted by atomic mass is 10.1. The first-order valence-electron chi connectivity index (χ1n) is 8.11. The highest BCUT2D eigenvalue weighted by atomic mass is 32.1. The molecule has 136 valence electrons. The van der Waals surface area contributed by atoms with Crippen LogP contribution in [0, 0.1) is 5.82 Å². The van der Waals surface area contributed by atoms with Crippen molar-refractivity contribution in [2.24, 2.45) is 7.05 Å². The van der Waals surface area contributed by atoms with Crippen molar-refractivity contribution < 1.29 is 18.7 Å². The SMILES string of the molecule is CCOC(=O)[C@H](C)NC(=O)c1cc2c(-c3ccccc3F)nn(C)c2s1. The van der Waals surface area contributed by atoms with Crippen LogP contribution < -0.4 is 5.32 Å². The van der Waals surface area contributed by atoms with E-state index in [0.29, 0.717) is 21.5 Å². The number of hydrogen-bond donors (Lipinski definition) is 1. The standard InChI is InChI=1S/C18H18FN3O3S/c1-4-25-18(24)10(2)20-16(23)14-9-12-15(21-22(3)17(12)26-14)11-7-5-6-8-13(11)19/h5-10H,4H2,1-3H3,(H,20,23)/t10-/m0/s1. The molecule has 1 aromatic carbocycles. The summed E-state index contributed by atoms with van der Waals surface area (Å²) >= 11 is 1.23. The third kappa shape index (κ3) is 3.32. The third-order valence-electron chi connectivity index (χ3n) is 3.85. The van der Waals surface area contributed by atoms with Crippen LogP contribution in [0.15, 0.2) is 30.3 Å². The van der Waals surface area contributed by atoms with Crippen molar-refractivity contribution in [3.8, 4) is 11.3 Å². The molecule has 2 aromatic heterocycles. The number of hydrogen-bond acceptors (Lipinski definition) is 5. The number of rotatable bonds is 5. The Labute approximate surface area is 153 Å². The van der Waals surface area contributed by atoms with Crippen molar-refractivity contribution in [3.05, 3.63) is 41.0 Å². The van der Waals surface area contributed by atoms with Gasteiger partial charge in [-0.1, -0.05) is 12.1 Å². The van der Waals surface area contributed by atoms with Crippen molar-refractivity contribution in [1.29, 1.82) is 0 Å². The van der Waals surface area contributed by atoms with E-state index in [9.17, 15) is 14.0 Å². The Kier molecular flexibility index (Phi) is 5.03. The molecule has 0 saturated heterocycles. The molecule has 0 saturated carbocycles. The fourth-order valence-electron chi connectivity index (χ4n) is 2.60. The molecule has 0 bridgehead atoms. The van der Waals surface area contributed by atoms with E-state index < -0.39 is 12.0 Å². The second-order valence-electron chi connectivity index (χ2n) is 5.73. The molecule has 1 atom stereocenters. The minimum atomic E-state index is -0.753. The number of fused-ring (bicyclic) bond motifs is 1. The Morgan fingerprint density at radius 1 is 1.38 bits per heavy atom. The Morgan fingerprint density at radius 3 is 2.81 bits per heavy atom. The summed E-state index contributed by atoms with van der Waals surface area (Å²) in [5.41, 5.74) is 0.858. The summed E-state index contributed by atoms with van der Waals surface area (Å²) in [7, 11) is 1.74. The zero-order valence-electron chi connectivity index (χ0n) is 14.6. The Morgan fingerprint density at radius 2 is 2.12 bits per heavy atom. The summed E-state index contributed by atoms with van der Waals surface area (Å²) in [5, 5.41) is 7.68. The number of thiophene rings is 1. The quantitative estimate of drug-likeness (QED) is 0.696. The third-order valence-corrected chi connectivity index (χ3v) is 5.05. The maximum atomic E-state index is 14.1. The minimum absolute atomic E-state index is 0.250. The summed E-state index contributed by atoms with van der Waals surface area (Å²) in [5.74, 6) is -1.25. The summed E-state index contributed by atoms with van der Waals surface area (Å²) in [6.07, 6.45) is 0. The largest absolute Gasteiger partial charge is 0.464 e. The number of amides is 1. The predicted octanol–water partition coefficient (Wildman–Crippen LogP) is 3.12. The number of nitrogens with zero attached hydrogens (tertiary/aromatic N) is 2. The van der Waals surface area contributed by atoms with Crippen molar-refractivity contribution in [1.82, 2.24) is 15.1 Å². The molecule has 0 spiro atoms. The Hall–Kier alpha value is -2.74. The van der Waals surface area contributed by atoms with E-state index in [-0.39, 0.29) is 18.3 Å². The van der Waals surface area contributed by atoms with E-state index in [0.717, 1.165) is 4.83 Å². The molecule has 8 heteroatoms. The number of halogens is 1. The first kappa shape index (κ1) is 18.1. The molecule has 0 aliphatic rings. The second kappa shape index (κ2) is 7.25. The van der Waals surface area contributed by atoms with E-state index in [4.69, 9.17) is 4.74 Å². The maximum absolute atomic E-state index is 14.1. The molecule has 26 heavy (non-hydrogen) atoms. The predicted molar refractivity (Wildman–Crippen MR) is 97.5 cm³/mol. The molecule has 1 N–H and O–H groups in total. The van der Waals surface area contributed by atoms with Crippen LogP contribution in [0.5, 0.6) is 0 Å². The summed E-state index contributed by atoms with van der Waals surface area (Å²) < 4.78 is 20.6.